The highest BCUT2D eigenvalue weighted by Gasteiger charge is 2.21. The van der Waals surface area contributed by atoms with Crippen LogP contribution in [0.1, 0.15) is 35.9 Å². The minimum absolute atomic E-state index is 0.220. The number of thiazole rings is 1. The lowest BCUT2D eigenvalue weighted by molar-refractivity contribution is 0.299. The molecule has 1 aliphatic rings. The zero-order valence-electron chi connectivity index (χ0n) is 6.99. The van der Waals surface area contributed by atoms with E-state index in [4.69, 9.17) is 5.11 Å². The molecule has 1 heterocycles. The van der Waals surface area contributed by atoms with Crippen molar-refractivity contribution in [3.63, 3.8) is 0 Å². The fourth-order valence-corrected chi connectivity index (χ4v) is 2.30. The fraction of sp³-hybridized carbons (Fsp3) is 0.667. The molecule has 0 aromatic carbocycles. The number of aliphatic hydroxyl groups is 1. The molecule has 0 unspecified atom stereocenters. The molecule has 0 aliphatic heterocycles. The molecule has 1 saturated carbocycles. The van der Waals surface area contributed by atoms with Gasteiger partial charge in [0.05, 0.1) is 10.7 Å². The molecular formula is C9H13NOS. The SMILES string of the molecule is OCCc1nc(C2CCC2)cs1. The molecule has 66 valence electrons. The summed E-state index contributed by atoms with van der Waals surface area (Å²) < 4.78 is 0. The second kappa shape index (κ2) is 3.54. The minimum Gasteiger partial charge on any atom is -0.396 e. The van der Waals surface area contributed by atoms with Crippen LogP contribution in [0, 0.1) is 0 Å². The number of nitrogens with zero attached hydrogens (tertiary/aromatic N) is 1. The Hall–Kier alpha value is -0.410. The molecule has 1 N–H and O–H groups in total. The fourth-order valence-electron chi connectivity index (χ4n) is 1.43. The third-order valence-corrected chi connectivity index (χ3v) is 3.35. The molecule has 0 saturated heterocycles. The van der Waals surface area contributed by atoms with E-state index >= 15 is 0 Å². The Balaban J connectivity index is 2.02. The standard InChI is InChI=1S/C9H13NOS/c11-5-4-9-10-8(6-12-9)7-2-1-3-7/h6-7,11H,1-5H2. The van der Waals surface area contributed by atoms with E-state index in [0.717, 1.165) is 17.3 Å². The largest absolute Gasteiger partial charge is 0.396 e. The molecule has 2 nitrogen and oxygen atoms in total. The summed E-state index contributed by atoms with van der Waals surface area (Å²) in [4.78, 5) is 4.48. The first-order valence-electron chi connectivity index (χ1n) is 4.45. The lowest BCUT2D eigenvalue weighted by atomic mass is 9.83. The highest BCUT2D eigenvalue weighted by molar-refractivity contribution is 7.09. The maximum atomic E-state index is 8.71. The summed E-state index contributed by atoms with van der Waals surface area (Å²) in [6.45, 7) is 0.220. The van der Waals surface area contributed by atoms with Gasteiger partial charge in [-0.25, -0.2) is 4.98 Å². The van der Waals surface area contributed by atoms with Crippen molar-refractivity contribution < 1.29 is 5.11 Å². The highest BCUT2D eigenvalue weighted by Crippen LogP contribution is 2.36. The molecular weight excluding hydrogens is 170 g/mol. The van der Waals surface area contributed by atoms with Crippen molar-refractivity contribution in [3.05, 3.63) is 16.1 Å². The van der Waals surface area contributed by atoms with Gasteiger partial charge in [-0.15, -0.1) is 11.3 Å². The second-order valence-electron chi connectivity index (χ2n) is 3.27. The molecule has 0 radical (unpaired) electrons. The molecule has 12 heavy (non-hydrogen) atoms. The van der Waals surface area contributed by atoms with Crippen LogP contribution in [-0.2, 0) is 6.42 Å². The summed E-state index contributed by atoms with van der Waals surface area (Å²) in [6, 6.07) is 0. The molecule has 0 atom stereocenters. The van der Waals surface area contributed by atoms with E-state index in [1.807, 2.05) is 0 Å². The van der Waals surface area contributed by atoms with Gasteiger partial charge in [-0.05, 0) is 12.8 Å². The van der Waals surface area contributed by atoms with Crippen LogP contribution >= 0.6 is 11.3 Å². The summed E-state index contributed by atoms with van der Waals surface area (Å²) in [6.07, 6.45) is 4.69. The zero-order valence-corrected chi connectivity index (χ0v) is 7.81. The van der Waals surface area contributed by atoms with Crippen LogP contribution in [0.25, 0.3) is 0 Å². The summed E-state index contributed by atoms with van der Waals surface area (Å²) in [5.74, 6) is 0.730. The first-order valence-corrected chi connectivity index (χ1v) is 5.33. The molecule has 0 amide bonds. The normalized spacial score (nSPS) is 17.8. The summed E-state index contributed by atoms with van der Waals surface area (Å²) in [5.41, 5.74) is 1.26. The van der Waals surface area contributed by atoms with Gasteiger partial charge in [-0.1, -0.05) is 6.42 Å². The summed E-state index contributed by atoms with van der Waals surface area (Å²) in [7, 11) is 0. The van der Waals surface area contributed by atoms with Crippen LogP contribution in [0.4, 0.5) is 0 Å². The molecule has 1 aromatic heterocycles. The maximum absolute atomic E-state index is 8.71. The number of hydrogen-bond acceptors (Lipinski definition) is 3. The maximum Gasteiger partial charge on any atom is 0.0951 e. The van der Waals surface area contributed by atoms with E-state index in [1.54, 1.807) is 11.3 Å². The Labute approximate surface area is 76.3 Å². The number of rotatable bonds is 3. The van der Waals surface area contributed by atoms with E-state index in [9.17, 15) is 0 Å². The van der Waals surface area contributed by atoms with Crippen molar-refractivity contribution >= 4 is 11.3 Å². The Morgan fingerprint density at radius 1 is 1.58 bits per heavy atom. The van der Waals surface area contributed by atoms with Gasteiger partial charge in [0.15, 0.2) is 0 Å². The average molecular weight is 183 g/mol. The second-order valence-corrected chi connectivity index (χ2v) is 4.21. The third kappa shape index (κ3) is 1.52. The predicted molar refractivity (Wildman–Crippen MR) is 49.5 cm³/mol. The molecule has 3 heteroatoms. The van der Waals surface area contributed by atoms with Gasteiger partial charge in [0, 0.05) is 24.3 Å². The molecule has 1 aromatic rings. The zero-order chi connectivity index (χ0) is 8.39. The van der Waals surface area contributed by atoms with Crippen molar-refractivity contribution in [2.45, 2.75) is 31.6 Å². The van der Waals surface area contributed by atoms with Crippen molar-refractivity contribution in [3.8, 4) is 0 Å². The van der Waals surface area contributed by atoms with Gasteiger partial charge >= 0.3 is 0 Å². The van der Waals surface area contributed by atoms with E-state index in [-0.39, 0.29) is 6.61 Å². The molecule has 1 aliphatic carbocycles. The first-order chi connectivity index (χ1) is 5.90. The Bertz CT molecular complexity index is 255. The lowest BCUT2D eigenvalue weighted by Crippen LogP contribution is -2.09. The molecule has 0 bridgehead atoms. The van der Waals surface area contributed by atoms with E-state index in [0.29, 0.717) is 0 Å². The Morgan fingerprint density at radius 3 is 3.00 bits per heavy atom. The molecule has 2 rings (SSSR count). The molecule has 1 fully saturated rings. The Morgan fingerprint density at radius 2 is 2.42 bits per heavy atom. The van der Waals surface area contributed by atoms with Crippen molar-refractivity contribution in [2.75, 3.05) is 6.61 Å². The van der Waals surface area contributed by atoms with Crippen molar-refractivity contribution in [1.29, 1.82) is 0 Å². The number of aliphatic hydroxyl groups excluding tert-OH is 1. The van der Waals surface area contributed by atoms with Crippen LogP contribution in [0.2, 0.25) is 0 Å². The van der Waals surface area contributed by atoms with E-state index < -0.39 is 0 Å². The smallest absolute Gasteiger partial charge is 0.0951 e. The monoisotopic (exact) mass is 183 g/mol. The van der Waals surface area contributed by atoms with Crippen LogP contribution in [0.15, 0.2) is 5.38 Å². The summed E-state index contributed by atoms with van der Waals surface area (Å²) in [5, 5.41) is 11.9. The minimum atomic E-state index is 0.220. The number of aromatic nitrogens is 1. The van der Waals surface area contributed by atoms with Crippen molar-refractivity contribution in [1.82, 2.24) is 4.98 Å². The van der Waals surface area contributed by atoms with Crippen LogP contribution in [-0.4, -0.2) is 16.7 Å². The summed E-state index contributed by atoms with van der Waals surface area (Å²) >= 11 is 1.68. The van der Waals surface area contributed by atoms with Crippen molar-refractivity contribution in [2.24, 2.45) is 0 Å². The first kappa shape index (κ1) is 8.20. The van der Waals surface area contributed by atoms with Gasteiger partial charge < -0.3 is 5.11 Å². The third-order valence-electron chi connectivity index (χ3n) is 2.42. The van der Waals surface area contributed by atoms with Gasteiger partial charge in [-0.2, -0.15) is 0 Å². The van der Waals surface area contributed by atoms with Gasteiger partial charge in [0.25, 0.3) is 0 Å². The van der Waals surface area contributed by atoms with Crippen LogP contribution in [0.5, 0.6) is 0 Å². The van der Waals surface area contributed by atoms with Gasteiger partial charge in [-0.3, -0.25) is 0 Å². The van der Waals surface area contributed by atoms with E-state index in [1.165, 1.54) is 25.0 Å². The number of hydrogen-bond donors (Lipinski definition) is 1. The van der Waals surface area contributed by atoms with Gasteiger partial charge in [0.1, 0.15) is 0 Å². The van der Waals surface area contributed by atoms with E-state index in [2.05, 4.69) is 10.4 Å². The molecule has 0 spiro atoms. The predicted octanol–water partition coefficient (Wildman–Crippen LogP) is 1.95. The average Bonchev–Trinajstić information content (AvgIpc) is 2.34. The van der Waals surface area contributed by atoms with Crippen LogP contribution in [0.3, 0.4) is 0 Å². The van der Waals surface area contributed by atoms with Crippen LogP contribution < -0.4 is 0 Å². The highest BCUT2D eigenvalue weighted by atomic mass is 32.1. The topological polar surface area (TPSA) is 33.1 Å². The quantitative estimate of drug-likeness (QED) is 0.777. The lowest BCUT2D eigenvalue weighted by Gasteiger charge is -2.22. The van der Waals surface area contributed by atoms with Gasteiger partial charge in [0.2, 0.25) is 0 Å². The Kier molecular flexibility index (Phi) is 2.42.